The summed E-state index contributed by atoms with van der Waals surface area (Å²) in [5.74, 6) is -2.04. The molecular weight excluding hydrogens is 394 g/mol. The minimum absolute atomic E-state index is 0.0203. The first-order valence-corrected chi connectivity index (χ1v) is 10.3. The molecule has 1 aliphatic carbocycles. The highest BCUT2D eigenvalue weighted by atomic mass is 32.1. The summed E-state index contributed by atoms with van der Waals surface area (Å²) in [5, 5.41) is 12.8. The Morgan fingerprint density at radius 1 is 1.14 bits per heavy atom. The molecule has 1 aromatic heterocycles. The Hall–Kier alpha value is -2.87. The van der Waals surface area contributed by atoms with Crippen LogP contribution in [0.25, 0.3) is 0 Å². The highest BCUT2D eigenvalue weighted by Crippen LogP contribution is 2.38. The van der Waals surface area contributed by atoms with Gasteiger partial charge in [-0.1, -0.05) is 12.1 Å². The molecule has 0 saturated carbocycles. The van der Waals surface area contributed by atoms with E-state index in [1.54, 1.807) is 26.0 Å². The van der Waals surface area contributed by atoms with Gasteiger partial charge in [-0.25, -0.2) is 9.59 Å². The molecule has 0 saturated heterocycles. The zero-order valence-corrected chi connectivity index (χ0v) is 17.1. The number of aryl methyl sites for hydroxylation is 1. The summed E-state index contributed by atoms with van der Waals surface area (Å²) in [6.45, 7) is 3.01. The standard InChI is InChI=1S/C21H23NO6S/c1-12(2)28-21(26)18-14-8-4-6-10-16(14)29-19(18)22-17(24)11-27-20(25)13-7-3-5-9-15(13)23/h3,5,7,9,12,23H,4,6,8,10-11H2,1-2H3,(H,22,24). The van der Waals surface area contributed by atoms with Gasteiger partial charge in [-0.2, -0.15) is 0 Å². The summed E-state index contributed by atoms with van der Waals surface area (Å²) in [4.78, 5) is 38.1. The highest BCUT2D eigenvalue weighted by Gasteiger charge is 2.28. The maximum Gasteiger partial charge on any atom is 0.342 e. The average Bonchev–Trinajstić information content (AvgIpc) is 3.03. The average molecular weight is 417 g/mol. The monoisotopic (exact) mass is 417 g/mol. The highest BCUT2D eigenvalue weighted by molar-refractivity contribution is 7.17. The number of hydrogen-bond donors (Lipinski definition) is 2. The molecule has 0 unspecified atom stereocenters. The third-order valence-electron chi connectivity index (χ3n) is 4.43. The summed E-state index contributed by atoms with van der Waals surface area (Å²) >= 11 is 1.37. The van der Waals surface area contributed by atoms with Gasteiger partial charge in [-0.3, -0.25) is 4.79 Å². The van der Waals surface area contributed by atoms with Crippen molar-refractivity contribution >= 4 is 34.2 Å². The van der Waals surface area contributed by atoms with Crippen LogP contribution < -0.4 is 5.32 Å². The summed E-state index contributed by atoms with van der Waals surface area (Å²) in [6.07, 6.45) is 3.38. The number of amides is 1. The van der Waals surface area contributed by atoms with Gasteiger partial charge in [-0.05, 0) is 57.2 Å². The van der Waals surface area contributed by atoms with Gasteiger partial charge in [0, 0.05) is 4.88 Å². The lowest BCUT2D eigenvalue weighted by atomic mass is 9.95. The first-order valence-electron chi connectivity index (χ1n) is 9.47. The Bertz CT molecular complexity index is 933. The van der Waals surface area contributed by atoms with Gasteiger partial charge in [0.05, 0.1) is 11.7 Å². The van der Waals surface area contributed by atoms with Crippen LogP contribution in [0.4, 0.5) is 5.00 Å². The molecule has 2 aromatic rings. The van der Waals surface area contributed by atoms with Crippen molar-refractivity contribution in [3.8, 4) is 5.75 Å². The maximum atomic E-state index is 12.6. The SMILES string of the molecule is CC(C)OC(=O)c1c(NC(=O)COC(=O)c2ccccc2O)sc2c1CCCC2. The molecule has 0 bridgehead atoms. The molecule has 0 radical (unpaired) electrons. The number of phenolic OH excluding ortho intramolecular Hbond substituents is 1. The van der Waals surface area contributed by atoms with E-state index >= 15 is 0 Å². The normalized spacial score (nSPS) is 12.9. The number of aromatic hydroxyl groups is 1. The Balaban J connectivity index is 1.71. The summed E-state index contributed by atoms with van der Waals surface area (Å²) in [6, 6.07) is 5.93. The largest absolute Gasteiger partial charge is 0.507 e. The first-order chi connectivity index (χ1) is 13.9. The summed E-state index contributed by atoms with van der Waals surface area (Å²) in [7, 11) is 0. The molecule has 1 amide bonds. The lowest BCUT2D eigenvalue weighted by Gasteiger charge is -2.14. The van der Waals surface area contributed by atoms with Crippen molar-refractivity contribution in [2.45, 2.75) is 45.6 Å². The number of rotatable bonds is 6. The number of carbonyl (C=O) groups is 3. The van der Waals surface area contributed by atoms with Crippen molar-refractivity contribution < 1.29 is 29.0 Å². The number of nitrogens with one attached hydrogen (secondary N) is 1. The molecule has 0 fully saturated rings. The molecule has 7 nitrogen and oxygen atoms in total. The van der Waals surface area contributed by atoms with Crippen molar-refractivity contribution in [1.82, 2.24) is 0 Å². The fraction of sp³-hybridized carbons (Fsp3) is 0.381. The van der Waals surface area contributed by atoms with Crippen molar-refractivity contribution in [1.29, 1.82) is 0 Å². The van der Waals surface area contributed by atoms with Crippen LogP contribution in [0, 0.1) is 0 Å². The molecule has 0 spiro atoms. The van der Waals surface area contributed by atoms with Crippen molar-refractivity contribution in [3.05, 3.63) is 45.8 Å². The topological polar surface area (TPSA) is 102 Å². The predicted molar refractivity (Wildman–Crippen MR) is 109 cm³/mol. The lowest BCUT2D eigenvalue weighted by molar-refractivity contribution is -0.119. The van der Waals surface area contributed by atoms with E-state index < -0.39 is 24.5 Å². The number of ether oxygens (including phenoxy) is 2. The Labute approximate surface area is 172 Å². The third kappa shape index (κ3) is 4.95. The minimum Gasteiger partial charge on any atom is -0.507 e. The van der Waals surface area contributed by atoms with E-state index in [-0.39, 0.29) is 17.4 Å². The molecule has 3 rings (SSSR count). The first kappa shape index (κ1) is 20.9. The van der Waals surface area contributed by atoms with Gasteiger partial charge in [0.15, 0.2) is 6.61 Å². The van der Waals surface area contributed by atoms with E-state index in [1.807, 2.05) is 0 Å². The van der Waals surface area contributed by atoms with E-state index in [0.29, 0.717) is 10.6 Å². The molecule has 1 aromatic carbocycles. The molecule has 1 heterocycles. The number of carbonyl (C=O) groups excluding carboxylic acids is 3. The molecular formula is C21H23NO6S. The van der Waals surface area contributed by atoms with Crippen LogP contribution in [0.1, 0.15) is 57.8 Å². The van der Waals surface area contributed by atoms with Crippen LogP contribution in [-0.4, -0.2) is 35.7 Å². The van der Waals surface area contributed by atoms with Gasteiger partial charge < -0.3 is 19.9 Å². The molecule has 29 heavy (non-hydrogen) atoms. The number of fused-ring (bicyclic) bond motifs is 1. The van der Waals surface area contributed by atoms with E-state index in [9.17, 15) is 19.5 Å². The smallest absolute Gasteiger partial charge is 0.342 e. The number of thiophene rings is 1. The number of benzene rings is 1. The third-order valence-corrected chi connectivity index (χ3v) is 5.64. The van der Waals surface area contributed by atoms with E-state index in [1.165, 1.54) is 23.5 Å². The quantitative estimate of drug-likeness (QED) is 0.695. The number of anilines is 1. The van der Waals surface area contributed by atoms with E-state index in [4.69, 9.17) is 9.47 Å². The van der Waals surface area contributed by atoms with Gasteiger partial charge in [0.1, 0.15) is 16.3 Å². The van der Waals surface area contributed by atoms with Gasteiger partial charge in [0.25, 0.3) is 5.91 Å². The molecule has 1 aliphatic rings. The van der Waals surface area contributed by atoms with Crippen LogP contribution in [0.3, 0.4) is 0 Å². The van der Waals surface area contributed by atoms with Crippen molar-refractivity contribution in [3.63, 3.8) is 0 Å². The molecule has 2 N–H and O–H groups in total. The molecule has 8 heteroatoms. The van der Waals surface area contributed by atoms with Crippen molar-refractivity contribution in [2.75, 3.05) is 11.9 Å². The van der Waals surface area contributed by atoms with Crippen LogP contribution in [0.2, 0.25) is 0 Å². The predicted octanol–water partition coefficient (Wildman–Crippen LogP) is 3.69. The second-order valence-corrected chi connectivity index (χ2v) is 8.12. The second kappa shape index (κ2) is 9.09. The van der Waals surface area contributed by atoms with Gasteiger partial charge in [-0.15, -0.1) is 11.3 Å². The van der Waals surface area contributed by atoms with Crippen LogP contribution in [0.15, 0.2) is 24.3 Å². The Morgan fingerprint density at radius 2 is 1.86 bits per heavy atom. The number of esters is 2. The Kier molecular flexibility index (Phi) is 6.53. The fourth-order valence-electron chi connectivity index (χ4n) is 3.16. The summed E-state index contributed by atoms with van der Waals surface area (Å²) in [5.41, 5.74) is 1.32. The number of phenols is 1. The lowest BCUT2D eigenvalue weighted by Crippen LogP contribution is -2.22. The van der Waals surface area contributed by atoms with Crippen molar-refractivity contribution in [2.24, 2.45) is 0 Å². The second-order valence-electron chi connectivity index (χ2n) is 7.01. The van der Waals surface area contributed by atoms with E-state index in [0.717, 1.165) is 36.1 Å². The van der Waals surface area contributed by atoms with Crippen LogP contribution >= 0.6 is 11.3 Å². The molecule has 0 atom stereocenters. The maximum absolute atomic E-state index is 12.6. The zero-order chi connectivity index (χ0) is 21.0. The summed E-state index contributed by atoms with van der Waals surface area (Å²) < 4.78 is 10.3. The number of hydrogen-bond acceptors (Lipinski definition) is 7. The molecule has 0 aliphatic heterocycles. The number of para-hydroxylation sites is 1. The van der Waals surface area contributed by atoms with Gasteiger partial charge >= 0.3 is 11.9 Å². The van der Waals surface area contributed by atoms with Crippen LogP contribution in [-0.2, 0) is 27.1 Å². The Morgan fingerprint density at radius 3 is 2.59 bits per heavy atom. The molecule has 154 valence electrons. The zero-order valence-electron chi connectivity index (χ0n) is 16.3. The van der Waals surface area contributed by atoms with Gasteiger partial charge in [0.2, 0.25) is 0 Å². The fourth-order valence-corrected chi connectivity index (χ4v) is 4.45. The van der Waals surface area contributed by atoms with Crippen LogP contribution in [0.5, 0.6) is 5.75 Å². The minimum atomic E-state index is -0.803. The van der Waals surface area contributed by atoms with E-state index in [2.05, 4.69) is 5.32 Å².